The van der Waals surface area contributed by atoms with Crippen molar-refractivity contribution in [3.8, 4) is 6.07 Å². The average Bonchev–Trinajstić information content (AvgIpc) is 2.64. The number of hydrogen-bond donors (Lipinski definition) is 2. The van der Waals surface area contributed by atoms with E-state index in [1.165, 1.54) is 0 Å². The fourth-order valence-corrected chi connectivity index (χ4v) is 2.27. The van der Waals surface area contributed by atoms with Gasteiger partial charge in [0.2, 0.25) is 0 Å². The van der Waals surface area contributed by atoms with Crippen LogP contribution in [-0.4, -0.2) is 16.1 Å². The van der Waals surface area contributed by atoms with Crippen LogP contribution in [0, 0.1) is 18.3 Å². The van der Waals surface area contributed by atoms with Gasteiger partial charge in [-0.25, -0.2) is 0 Å². The molecule has 0 unspecified atom stereocenters. The number of nitrogens with one attached hydrogen (secondary N) is 2. The van der Waals surface area contributed by atoms with E-state index in [2.05, 4.69) is 26.9 Å². The second-order valence-electron chi connectivity index (χ2n) is 5.41. The number of benzene rings is 2. The lowest BCUT2D eigenvalue weighted by Gasteiger charge is -2.08. The third-order valence-corrected chi connectivity index (χ3v) is 3.50. The summed E-state index contributed by atoms with van der Waals surface area (Å²) in [7, 11) is 0. The fourth-order valence-electron chi connectivity index (χ4n) is 2.27. The van der Waals surface area contributed by atoms with Gasteiger partial charge in [-0.1, -0.05) is 29.8 Å². The molecule has 0 saturated heterocycles. The standard InChI is InChI=1S/C19H15N5O/c1-13-5-4-7-14(11-13)19(25)22-18-10-9-17(23-24-18)21-16-8-3-2-6-15(16)12-20/h2-11H,1H3,(H,21,23)(H,22,24,25). The Hall–Kier alpha value is -3.72. The van der Waals surface area contributed by atoms with Crippen LogP contribution in [0.5, 0.6) is 0 Å². The van der Waals surface area contributed by atoms with E-state index in [4.69, 9.17) is 5.26 Å². The molecule has 2 aromatic carbocycles. The molecule has 0 radical (unpaired) electrons. The minimum Gasteiger partial charge on any atom is -0.338 e. The highest BCUT2D eigenvalue weighted by Crippen LogP contribution is 2.19. The van der Waals surface area contributed by atoms with E-state index in [-0.39, 0.29) is 5.91 Å². The topological polar surface area (TPSA) is 90.7 Å². The predicted molar refractivity (Wildman–Crippen MR) is 95.6 cm³/mol. The molecule has 3 aromatic rings. The van der Waals surface area contributed by atoms with Crippen LogP contribution >= 0.6 is 0 Å². The summed E-state index contributed by atoms with van der Waals surface area (Å²) in [5.41, 5.74) is 2.73. The van der Waals surface area contributed by atoms with Gasteiger partial charge >= 0.3 is 0 Å². The maximum atomic E-state index is 12.2. The van der Waals surface area contributed by atoms with E-state index in [1.54, 1.807) is 42.5 Å². The first kappa shape index (κ1) is 16.1. The summed E-state index contributed by atoms with van der Waals surface area (Å²) >= 11 is 0. The van der Waals surface area contributed by atoms with Gasteiger partial charge in [0, 0.05) is 5.56 Å². The summed E-state index contributed by atoms with van der Waals surface area (Å²) in [6, 6.07) is 19.9. The van der Waals surface area contributed by atoms with Crippen molar-refractivity contribution in [2.45, 2.75) is 6.92 Å². The number of hydrogen-bond acceptors (Lipinski definition) is 5. The molecule has 25 heavy (non-hydrogen) atoms. The minimum absolute atomic E-state index is 0.242. The van der Waals surface area contributed by atoms with E-state index in [9.17, 15) is 4.79 Å². The Labute approximate surface area is 145 Å². The van der Waals surface area contributed by atoms with Gasteiger partial charge in [0.1, 0.15) is 6.07 Å². The van der Waals surface area contributed by atoms with Crippen molar-refractivity contribution in [2.24, 2.45) is 0 Å². The summed E-state index contributed by atoms with van der Waals surface area (Å²) in [6.07, 6.45) is 0. The molecule has 1 amide bonds. The molecule has 0 spiro atoms. The molecule has 1 aromatic heterocycles. The minimum atomic E-state index is -0.242. The number of aryl methyl sites for hydroxylation is 1. The number of rotatable bonds is 4. The first-order chi connectivity index (χ1) is 12.2. The van der Waals surface area contributed by atoms with Crippen LogP contribution in [0.2, 0.25) is 0 Å². The van der Waals surface area contributed by atoms with E-state index < -0.39 is 0 Å². The quantitative estimate of drug-likeness (QED) is 0.762. The Kier molecular flexibility index (Phi) is 4.67. The summed E-state index contributed by atoms with van der Waals surface area (Å²) in [5.74, 6) is 0.593. The zero-order chi connectivity index (χ0) is 17.6. The SMILES string of the molecule is Cc1cccc(C(=O)Nc2ccc(Nc3ccccc3C#N)nn2)c1. The van der Waals surface area contributed by atoms with Gasteiger partial charge < -0.3 is 10.6 Å². The lowest BCUT2D eigenvalue weighted by molar-refractivity contribution is 0.102. The van der Waals surface area contributed by atoms with Crippen molar-refractivity contribution in [3.05, 3.63) is 77.4 Å². The van der Waals surface area contributed by atoms with Crippen LogP contribution in [-0.2, 0) is 0 Å². The Bertz CT molecular complexity index is 945. The summed E-state index contributed by atoms with van der Waals surface area (Å²) < 4.78 is 0. The molecule has 0 fully saturated rings. The lowest BCUT2D eigenvalue weighted by atomic mass is 10.1. The number of para-hydroxylation sites is 1. The van der Waals surface area contributed by atoms with Gasteiger partial charge in [0.25, 0.3) is 5.91 Å². The number of amides is 1. The summed E-state index contributed by atoms with van der Waals surface area (Å²) in [6.45, 7) is 1.93. The number of carbonyl (C=O) groups is 1. The number of anilines is 3. The van der Waals surface area contributed by atoms with Crippen molar-refractivity contribution >= 4 is 23.2 Å². The third kappa shape index (κ3) is 3.98. The van der Waals surface area contributed by atoms with Crippen molar-refractivity contribution in [1.82, 2.24) is 10.2 Å². The molecule has 6 nitrogen and oxygen atoms in total. The second-order valence-corrected chi connectivity index (χ2v) is 5.41. The summed E-state index contributed by atoms with van der Waals surface area (Å²) in [5, 5.41) is 22.9. The predicted octanol–water partition coefficient (Wildman–Crippen LogP) is 3.65. The first-order valence-electron chi connectivity index (χ1n) is 7.63. The van der Waals surface area contributed by atoms with Gasteiger partial charge in [-0.15, -0.1) is 10.2 Å². The van der Waals surface area contributed by atoms with Gasteiger partial charge in [-0.3, -0.25) is 4.79 Å². The highest BCUT2D eigenvalue weighted by atomic mass is 16.1. The Morgan fingerprint density at radius 1 is 1.00 bits per heavy atom. The average molecular weight is 329 g/mol. The second kappa shape index (κ2) is 7.23. The Morgan fingerprint density at radius 3 is 2.48 bits per heavy atom. The maximum absolute atomic E-state index is 12.2. The van der Waals surface area contributed by atoms with Crippen molar-refractivity contribution in [1.29, 1.82) is 5.26 Å². The number of carbonyl (C=O) groups excluding carboxylic acids is 1. The number of aromatic nitrogens is 2. The van der Waals surface area contributed by atoms with Gasteiger partial charge in [-0.05, 0) is 43.3 Å². The van der Waals surface area contributed by atoms with Crippen molar-refractivity contribution < 1.29 is 4.79 Å². The molecular weight excluding hydrogens is 314 g/mol. The molecule has 0 saturated carbocycles. The molecule has 0 aliphatic heterocycles. The van der Waals surface area contributed by atoms with Crippen LogP contribution in [0.3, 0.4) is 0 Å². The zero-order valence-electron chi connectivity index (χ0n) is 13.5. The molecule has 122 valence electrons. The molecular formula is C19H15N5O. The molecule has 0 aliphatic rings. The van der Waals surface area contributed by atoms with Crippen LogP contribution in [0.1, 0.15) is 21.5 Å². The summed E-state index contributed by atoms with van der Waals surface area (Å²) in [4.78, 5) is 12.2. The Balaban J connectivity index is 1.70. The molecule has 3 rings (SSSR count). The monoisotopic (exact) mass is 329 g/mol. The molecule has 0 aliphatic carbocycles. The van der Waals surface area contributed by atoms with Gasteiger partial charge in [-0.2, -0.15) is 5.26 Å². The maximum Gasteiger partial charge on any atom is 0.256 e. The lowest BCUT2D eigenvalue weighted by Crippen LogP contribution is -2.13. The van der Waals surface area contributed by atoms with Gasteiger partial charge in [0.15, 0.2) is 11.6 Å². The van der Waals surface area contributed by atoms with E-state index in [0.29, 0.717) is 28.5 Å². The van der Waals surface area contributed by atoms with Crippen LogP contribution in [0.25, 0.3) is 0 Å². The molecule has 1 heterocycles. The van der Waals surface area contributed by atoms with Crippen LogP contribution < -0.4 is 10.6 Å². The van der Waals surface area contributed by atoms with E-state index in [1.807, 2.05) is 25.1 Å². The fraction of sp³-hybridized carbons (Fsp3) is 0.0526. The molecule has 2 N–H and O–H groups in total. The zero-order valence-corrected chi connectivity index (χ0v) is 13.5. The van der Waals surface area contributed by atoms with Crippen LogP contribution in [0.15, 0.2) is 60.7 Å². The van der Waals surface area contributed by atoms with Gasteiger partial charge in [0.05, 0.1) is 11.3 Å². The normalized spacial score (nSPS) is 9.92. The third-order valence-electron chi connectivity index (χ3n) is 3.50. The van der Waals surface area contributed by atoms with E-state index >= 15 is 0 Å². The largest absolute Gasteiger partial charge is 0.338 e. The van der Waals surface area contributed by atoms with Crippen LogP contribution in [0.4, 0.5) is 17.3 Å². The highest BCUT2D eigenvalue weighted by Gasteiger charge is 2.08. The smallest absolute Gasteiger partial charge is 0.256 e. The molecule has 6 heteroatoms. The van der Waals surface area contributed by atoms with E-state index in [0.717, 1.165) is 5.56 Å². The molecule has 0 bridgehead atoms. The first-order valence-corrected chi connectivity index (χ1v) is 7.63. The van der Waals surface area contributed by atoms with Crippen molar-refractivity contribution in [3.63, 3.8) is 0 Å². The molecule has 0 atom stereocenters. The highest BCUT2D eigenvalue weighted by molar-refractivity contribution is 6.03. The Morgan fingerprint density at radius 2 is 1.76 bits per heavy atom. The number of nitriles is 1. The number of nitrogens with zero attached hydrogens (tertiary/aromatic N) is 3. The van der Waals surface area contributed by atoms with Crippen molar-refractivity contribution in [2.75, 3.05) is 10.6 Å².